The predicted octanol–water partition coefficient (Wildman–Crippen LogP) is 3.88. The monoisotopic (exact) mass is 489 g/mol. The smallest absolute Gasteiger partial charge is 0.290 e. The number of Topliss-reactive ketones (excluding diaryl/α,β-unsaturated/α-hetero) is 1. The number of aromatic nitrogens is 6. The summed E-state index contributed by atoms with van der Waals surface area (Å²) in [6.45, 7) is 7.92. The number of carbonyl (C=O) groups is 1. The number of rotatable bonds is 6. The molecule has 3 aromatic heterocycles. The summed E-state index contributed by atoms with van der Waals surface area (Å²) in [5.41, 5.74) is 2.80. The van der Waals surface area contributed by atoms with Crippen LogP contribution in [0.15, 0.2) is 47.5 Å². The molecule has 36 heavy (non-hydrogen) atoms. The first-order valence-electron chi connectivity index (χ1n) is 11.4. The second-order valence-corrected chi connectivity index (χ2v) is 9.73. The molecule has 4 aromatic rings. The maximum Gasteiger partial charge on any atom is 0.290 e. The average molecular weight is 490 g/mol. The van der Waals surface area contributed by atoms with Crippen molar-refractivity contribution >= 4 is 17.3 Å². The highest BCUT2D eigenvalue weighted by Gasteiger charge is 2.19. The summed E-state index contributed by atoms with van der Waals surface area (Å²) in [7, 11) is 3.34. The number of nitrogens with zero attached hydrogens (tertiary/aromatic N) is 6. The van der Waals surface area contributed by atoms with Crippen molar-refractivity contribution in [2.45, 2.75) is 39.5 Å². The number of carbonyl (C=O) groups excluding carboxylic acids is 1. The van der Waals surface area contributed by atoms with E-state index in [-0.39, 0.29) is 40.1 Å². The number of hydrogen-bond donors (Lipinski definition) is 1. The van der Waals surface area contributed by atoms with E-state index >= 15 is 0 Å². The Morgan fingerprint density at radius 3 is 2.39 bits per heavy atom. The van der Waals surface area contributed by atoms with Crippen LogP contribution >= 0.6 is 0 Å². The van der Waals surface area contributed by atoms with Gasteiger partial charge in [-0.2, -0.15) is 10.2 Å². The van der Waals surface area contributed by atoms with Gasteiger partial charge in [0.15, 0.2) is 11.6 Å². The zero-order valence-electron chi connectivity index (χ0n) is 21.1. The van der Waals surface area contributed by atoms with Crippen LogP contribution < -0.4 is 10.9 Å². The Labute approximate surface area is 208 Å². The van der Waals surface area contributed by atoms with Crippen molar-refractivity contribution in [3.8, 4) is 11.3 Å². The Bertz CT molecular complexity index is 1480. The van der Waals surface area contributed by atoms with Crippen LogP contribution in [0.25, 0.3) is 11.3 Å². The van der Waals surface area contributed by atoms with Gasteiger partial charge in [-0.25, -0.2) is 14.1 Å². The fourth-order valence-electron chi connectivity index (χ4n) is 3.59. The van der Waals surface area contributed by atoms with E-state index in [1.807, 2.05) is 40.8 Å². The van der Waals surface area contributed by atoms with Crippen molar-refractivity contribution in [2.75, 3.05) is 5.32 Å². The number of hydrogen-bond acceptors (Lipinski definition) is 7. The molecule has 1 N–H and O–H groups in total. The van der Waals surface area contributed by atoms with Gasteiger partial charge in [0.25, 0.3) is 5.56 Å². The lowest BCUT2D eigenvalue weighted by Gasteiger charge is -2.16. The third kappa shape index (κ3) is 5.22. The summed E-state index contributed by atoms with van der Waals surface area (Å²) in [4.78, 5) is 34.0. The Balaban J connectivity index is 1.62. The molecule has 0 aliphatic rings. The van der Waals surface area contributed by atoms with Crippen molar-refractivity contribution in [3.05, 3.63) is 81.5 Å². The zero-order valence-corrected chi connectivity index (χ0v) is 21.1. The molecular weight excluding hydrogens is 461 g/mol. The van der Waals surface area contributed by atoms with Crippen LogP contribution in [0.1, 0.15) is 48.2 Å². The Morgan fingerprint density at radius 2 is 1.78 bits per heavy atom. The van der Waals surface area contributed by atoms with Gasteiger partial charge >= 0.3 is 0 Å². The number of anilines is 2. The molecule has 3 heterocycles. The second kappa shape index (κ2) is 9.44. The van der Waals surface area contributed by atoms with Gasteiger partial charge in [-0.05, 0) is 36.8 Å². The van der Waals surface area contributed by atoms with Crippen molar-refractivity contribution < 1.29 is 9.18 Å². The van der Waals surface area contributed by atoms with E-state index in [4.69, 9.17) is 0 Å². The summed E-state index contributed by atoms with van der Waals surface area (Å²) < 4.78 is 17.5. The molecule has 0 fully saturated rings. The van der Waals surface area contributed by atoms with Crippen molar-refractivity contribution in [1.29, 1.82) is 0 Å². The summed E-state index contributed by atoms with van der Waals surface area (Å²) in [5, 5.41) is 11.7. The molecule has 0 saturated heterocycles. The van der Waals surface area contributed by atoms with Crippen LogP contribution in [0.3, 0.4) is 0 Å². The first-order valence-corrected chi connectivity index (χ1v) is 11.4. The van der Waals surface area contributed by atoms with Crippen molar-refractivity contribution in [1.82, 2.24) is 29.5 Å². The third-order valence-corrected chi connectivity index (χ3v) is 5.84. The largest absolute Gasteiger partial charge is 0.334 e. The third-order valence-electron chi connectivity index (χ3n) is 5.84. The van der Waals surface area contributed by atoms with Crippen LogP contribution in [0.5, 0.6) is 0 Å². The molecule has 0 spiro atoms. The number of halogens is 1. The van der Waals surface area contributed by atoms with Crippen molar-refractivity contribution in [2.24, 2.45) is 14.1 Å². The second-order valence-electron chi connectivity index (χ2n) is 9.73. The van der Waals surface area contributed by atoms with E-state index in [1.54, 1.807) is 29.1 Å². The van der Waals surface area contributed by atoms with Crippen LogP contribution in [-0.4, -0.2) is 35.3 Å². The van der Waals surface area contributed by atoms with Gasteiger partial charge in [0, 0.05) is 49.5 Å². The van der Waals surface area contributed by atoms with E-state index in [0.29, 0.717) is 17.1 Å². The topological polar surface area (TPSA) is 108 Å². The van der Waals surface area contributed by atoms with Crippen LogP contribution in [0.4, 0.5) is 15.9 Å². The van der Waals surface area contributed by atoms with Gasteiger partial charge in [-0.15, -0.1) is 0 Å². The van der Waals surface area contributed by atoms with Gasteiger partial charge in [0.1, 0.15) is 17.2 Å². The molecule has 0 amide bonds. The highest BCUT2D eigenvalue weighted by molar-refractivity contribution is 5.95. The SMILES string of the molecule is Cc1cc(Nc2cc(-c3ccc(F)c(CC(=O)c4cnc(C(C)(C)C)cn4)c3)nn(C)c2=O)nn1C. The zero-order chi connectivity index (χ0) is 26.2. The summed E-state index contributed by atoms with van der Waals surface area (Å²) in [6.07, 6.45) is 2.82. The summed E-state index contributed by atoms with van der Waals surface area (Å²) in [6, 6.07) is 7.81. The Hall–Kier alpha value is -4.21. The standard InChI is InChI=1S/C26H28FN7O2/c1-15-9-24(32-33(15)5)30-20-12-19(31-34(6)25(20)36)16-7-8-18(27)17(10-16)11-22(35)21-13-29-23(14-28-21)26(2,3)4/h7-10,12-14H,11H2,1-6H3,(H,30,32). The lowest BCUT2D eigenvalue weighted by molar-refractivity contribution is 0.0986. The number of benzene rings is 1. The van der Waals surface area contributed by atoms with Gasteiger partial charge in [0.2, 0.25) is 0 Å². The lowest BCUT2D eigenvalue weighted by Crippen LogP contribution is -2.22. The molecule has 0 radical (unpaired) electrons. The van der Waals surface area contributed by atoms with Gasteiger partial charge < -0.3 is 5.32 Å². The maximum atomic E-state index is 14.6. The molecule has 4 rings (SSSR count). The van der Waals surface area contributed by atoms with Crippen molar-refractivity contribution in [3.63, 3.8) is 0 Å². The normalized spacial score (nSPS) is 11.5. The quantitative estimate of drug-likeness (QED) is 0.410. The molecule has 9 nitrogen and oxygen atoms in total. The molecule has 0 aliphatic carbocycles. The van der Waals surface area contributed by atoms with Crippen LogP contribution in [0, 0.1) is 12.7 Å². The van der Waals surface area contributed by atoms with Crippen LogP contribution in [0.2, 0.25) is 0 Å². The van der Waals surface area contributed by atoms with Gasteiger partial charge in [0.05, 0.1) is 17.6 Å². The maximum absolute atomic E-state index is 14.6. The first kappa shape index (κ1) is 24.9. The minimum absolute atomic E-state index is 0.171. The highest BCUT2D eigenvalue weighted by Crippen LogP contribution is 2.24. The Morgan fingerprint density at radius 1 is 1.03 bits per heavy atom. The minimum atomic E-state index is -0.515. The predicted molar refractivity (Wildman–Crippen MR) is 135 cm³/mol. The van der Waals surface area contributed by atoms with E-state index in [9.17, 15) is 14.0 Å². The van der Waals surface area contributed by atoms with E-state index in [2.05, 4.69) is 25.5 Å². The molecule has 186 valence electrons. The molecule has 0 bridgehead atoms. The van der Waals surface area contributed by atoms with Gasteiger partial charge in [-0.3, -0.25) is 19.3 Å². The fourth-order valence-corrected chi connectivity index (χ4v) is 3.59. The first-order chi connectivity index (χ1) is 16.9. The molecule has 0 saturated carbocycles. The summed E-state index contributed by atoms with van der Waals surface area (Å²) >= 11 is 0. The lowest BCUT2D eigenvalue weighted by atomic mass is 9.92. The number of aryl methyl sites for hydroxylation is 3. The number of ketones is 1. The van der Waals surface area contributed by atoms with Crippen LogP contribution in [-0.2, 0) is 25.9 Å². The Kier molecular flexibility index (Phi) is 6.53. The molecule has 10 heteroatoms. The van der Waals surface area contributed by atoms with E-state index < -0.39 is 5.82 Å². The molecular formula is C26H28FN7O2. The van der Waals surface area contributed by atoms with E-state index in [0.717, 1.165) is 11.4 Å². The molecule has 1 aromatic carbocycles. The number of nitrogens with one attached hydrogen (secondary N) is 1. The molecule has 0 atom stereocenters. The molecule has 0 aliphatic heterocycles. The van der Waals surface area contributed by atoms with Gasteiger partial charge in [-0.1, -0.05) is 20.8 Å². The highest BCUT2D eigenvalue weighted by atomic mass is 19.1. The summed E-state index contributed by atoms with van der Waals surface area (Å²) in [5.74, 6) is -0.341. The van der Waals surface area contributed by atoms with E-state index in [1.165, 1.54) is 24.0 Å². The minimum Gasteiger partial charge on any atom is -0.334 e. The fraction of sp³-hybridized carbons (Fsp3) is 0.308. The average Bonchev–Trinajstić information content (AvgIpc) is 3.14. The molecule has 0 unspecified atom stereocenters.